The lowest BCUT2D eigenvalue weighted by molar-refractivity contribution is -0.140. The van der Waals surface area contributed by atoms with Crippen molar-refractivity contribution in [3.05, 3.63) is 93.5 Å². The van der Waals surface area contributed by atoms with Gasteiger partial charge in [-0.2, -0.15) is 0 Å². The summed E-state index contributed by atoms with van der Waals surface area (Å²) in [5, 5.41) is 3.37. The molecule has 0 bridgehead atoms. The number of halogens is 2. The van der Waals surface area contributed by atoms with E-state index in [0.717, 1.165) is 15.4 Å². The first-order valence-electron chi connectivity index (χ1n) is 12.1. The fraction of sp³-hybridized carbons (Fsp3) is 0.286. The van der Waals surface area contributed by atoms with Crippen LogP contribution in [0.2, 0.25) is 10.0 Å². The molecular formula is C28H31Cl2N3O4S. The Bertz CT molecular complexity index is 1390. The predicted octanol–water partition coefficient (Wildman–Crippen LogP) is 5.36. The average Bonchev–Trinajstić information content (AvgIpc) is 2.87. The summed E-state index contributed by atoms with van der Waals surface area (Å²) in [5.41, 5.74) is 2.64. The first kappa shape index (κ1) is 29.5. The quantitative estimate of drug-likeness (QED) is 0.352. The van der Waals surface area contributed by atoms with Crippen molar-refractivity contribution in [1.82, 2.24) is 10.2 Å². The molecule has 202 valence electrons. The lowest BCUT2D eigenvalue weighted by atomic mass is 10.1. The molecule has 0 radical (unpaired) electrons. The highest BCUT2D eigenvalue weighted by Gasteiger charge is 2.33. The number of nitrogens with one attached hydrogen (secondary N) is 1. The van der Waals surface area contributed by atoms with Gasteiger partial charge in [0.25, 0.3) is 10.0 Å². The summed E-state index contributed by atoms with van der Waals surface area (Å²) < 4.78 is 28.8. The fourth-order valence-corrected chi connectivity index (χ4v) is 6.15. The van der Waals surface area contributed by atoms with Gasteiger partial charge in [0.05, 0.1) is 10.6 Å². The lowest BCUT2D eigenvalue weighted by Gasteiger charge is -2.33. The van der Waals surface area contributed by atoms with Crippen LogP contribution in [-0.4, -0.2) is 44.8 Å². The Morgan fingerprint density at radius 1 is 0.947 bits per heavy atom. The molecule has 0 fully saturated rings. The predicted molar refractivity (Wildman–Crippen MR) is 152 cm³/mol. The standard InChI is InChI=1S/C28H31Cl2N3O4S/c1-5-26(28(35)31-4)32(17-21-11-12-22(29)16-25(21)30)27(34)18-33(23-14-19(2)13-20(3)15-23)38(36,37)24-9-7-6-8-10-24/h6-16,26H,5,17-18H2,1-4H3,(H,31,35). The van der Waals surface area contributed by atoms with Gasteiger partial charge in [0.15, 0.2) is 0 Å². The van der Waals surface area contributed by atoms with E-state index in [1.807, 2.05) is 19.9 Å². The average molecular weight is 577 g/mol. The highest BCUT2D eigenvalue weighted by molar-refractivity contribution is 7.92. The zero-order chi connectivity index (χ0) is 28.0. The second-order valence-corrected chi connectivity index (χ2v) is 11.7. The van der Waals surface area contributed by atoms with Gasteiger partial charge in [-0.3, -0.25) is 13.9 Å². The van der Waals surface area contributed by atoms with Crippen molar-refractivity contribution < 1.29 is 18.0 Å². The Balaban J connectivity index is 2.10. The smallest absolute Gasteiger partial charge is 0.264 e. The van der Waals surface area contributed by atoms with Crippen molar-refractivity contribution in [3.8, 4) is 0 Å². The van der Waals surface area contributed by atoms with E-state index < -0.39 is 28.5 Å². The molecule has 0 saturated heterocycles. The minimum absolute atomic E-state index is 0.00711. The van der Waals surface area contributed by atoms with Crippen LogP contribution in [0.4, 0.5) is 5.69 Å². The zero-order valence-corrected chi connectivity index (χ0v) is 24.1. The number of aryl methyl sites for hydroxylation is 2. The zero-order valence-electron chi connectivity index (χ0n) is 21.7. The number of rotatable bonds is 10. The molecule has 0 saturated carbocycles. The molecule has 3 aromatic rings. The van der Waals surface area contributed by atoms with Crippen LogP contribution in [0.3, 0.4) is 0 Å². The molecule has 0 aliphatic carbocycles. The van der Waals surface area contributed by atoms with Gasteiger partial charge < -0.3 is 10.2 Å². The number of anilines is 1. The monoisotopic (exact) mass is 575 g/mol. The van der Waals surface area contributed by atoms with E-state index >= 15 is 0 Å². The third-order valence-electron chi connectivity index (χ3n) is 6.09. The van der Waals surface area contributed by atoms with Gasteiger partial charge in [0.1, 0.15) is 12.6 Å². The molecule has 1 unspecified atom stereocenters. The molecule has 0 spiro atoms. The summed E-state index contributed by atoms with van der Waals surface area (Å²) in [6, 6.07) is 17.4. The van der Waals surface area contributed by atoms with Gasteiger partial charge in [-0.05, 0) is 73.4 Å². The maximum absolute atomic E-state index is 13.9. The number of amides is 2. The normalized spacial score (nSPS) is 12.1. The maximum Gasteiger partial charge on any atom is 0.264 e. The van der Waals surface area contributed by atoms with Crippen LogP contribution in [-0.2, 0) is 26.2 Å². The summed E-state index contributed by atoms with van der Waals surface area (Å²) in [7, 11) is -2.63. The molecule has 3 aromatic carbocycles. The summed E-state index contributed by atoms with van der Waals surface area (Å²) in [4.78, 5) is 28.2. The summed E-state index contributed by atoms with van der Waals surface area (Å²) in [6.45, 7) is 4.98. The molecule has 0 aromatic heterocycles. The van der Waals surface area contributed by atoms with Gasteiger partial charge in [-0.15, -0.1) is 0 Å². The second kappa shape index (κ2) is 12.7. The molecular weight excluding hydrogens is 545 g/mol. The first-order chi connectivity index (χ1) is 18.0. The van der Waals surface area contributed by atoms with Crippen LogP contribution in [0.5, 0.6) is 0 Å². The maximum atomic E-state index is 13.9. The van der Waals surface area contributed by atoms with E-state index in [4.69, 9.17) is 23.2 Å². The number of hydrogen-bond acceptors (Lipinski definition) is 4. The molecule has 1 N–H and O–H groups in total. The van der Waals surface area contributed by atoms with Crippen molar-refractivity contribution >= 4 is 50.7 Å². The van der Waals surface area contributed by atoms with Crippen LogP contribution in [0.15, 0.2) is 71.6 Å². The molecule has 38 heavy (non-hydrogen) atoms. The van der Waals surface area contributed by atoms with Crippen LogP contribution in [0, 0.1) is 13.8 Å². The Hall–Kier alpha value is -3.07. The van der Waals surface area contributed by atoms with E-state index in [-0.39, 0.29) is 17.3 Å². The highest BCUT2D eigenvalue weighted by atomic mass is 35.5. The Kier molecular flexibility index (Phi) is 9.82. The van der Waals surface area contributed by atoms with Crippen LogP contribution < -0.4 is 9.62 Å². The lowest BCUT2D eigenvalue weighted by Crippen LogP contribution is -2.51. The minimum Gasteiger partial charge on any atom is -0.357 e. The van der Waals surface area contributed by atoms with Gasteiger partial charge in [-0.1, -0.05) is 60.5 Å². The van der Waals surface area contributed by atoms with E-state index in [0.29, 0.717) is 27.7 Å². The van der Waals surface area contributed by atoms with Crippen molar-refractivity contribution in [2.45, 2.75) is 44.7 Å². The number of likely N-dealkylation sites (N-methyl/N-ethyl adjacent to an activating group) is 1. The molecule has 0 aliphatic heterocycles. The SMILES string of the molecule is CCC(C(=O)NC)N(Cc1ccc(Cl)cc1Cl)C(=O)CN(c1cc(C)cc(C)c1)S(=O)(=O)c1ccccc1. The molecule has 2 amide bonds. The van der Waals surface area contributed by atoms with Crippen molar-refractivity contribution in [2.75, 3.05) is 17.9 Å². The summed E-state index contributed by atoms with van der Waals surface area (Å²) >= 11 is 12.4. The van der Waals surface area contributed by atoms with E-state index in [9.17, 15) is 18.0 Å². The van der Waals surface area contributed by atoms with Crippen LogP contribution >= 0.6 is 23.2 Å². The number of sulfonamides is 1. The molecule has 0 heterocycles. The van der Waals surface area contributed by atoms with Gasteiger partial charge in [0.2, 0.25) is 11.8 Å². The molecule has 1 atom stereocenters. The number of hydrogen-bond donors (Lipinski definition) is 1. The Morgan fingerprint density at radius 2 is 1.58 bits per heavy atom. The summed E-state index contributed by atoms with van der Waals surface area (Å²) in [5.74, 6) is -0.917. The number of carbonyl (C=O) groups excluding carboxylic acids is 2. The van der Waals surface area contributed by atoms with Crippen LogP contribution in [0.1, 0.15) is 30.0 Å². The Labute approximate surface area is 234 Å². The highest BCUT2D eigenvalue weighted by Crippen LogP contribution is 2.28. The second-order valence-electron chi connectivity index (χ2n) is 8.97. The van der Waals surface area contributed by atoms with E-state index in [1.54, 1.807) is 55.5 Å². The van der Waals surface area contributed by atoms with E-state index in [2.05, 4.69) is 5.32 Å². The fourth-order valence-electron chi connectivity index (χ4n) is 4.26. The molecule has 10 heteroatoms. The molecule has 3 rings (SSSR count). The van der Waals surface area contributed by atoms with Gasteiger partial charge >= 0.3 is 0 Å². The molecule has 7 nitrogen and oxygen atoms in total. The third-order valence-corrected chi connectivity index (χ3v) is 8.47. The number of nitrogens with zero attached hydrogens (tertiary/aromatic N) is 2. The molecule has 0 aliphatic rings. The topological polar surface area (TPSA) is 86.8 Å². The number of carbonyl (C=O) groups is 2. The number of benzene rings is 3. The van der Waals surface area contributed by atoms with Crippen LogP contribution in [0.25, 0.3) is 0 Å². The van der Waals surface area contributed by atoms with Crippen molar-refractivity contribution in [3.63, 3.8) is 0 Å². The third kappa shape index (κ3) is 6.87. The van der Waals surface area contributed by atoms with Gasteiger partial charge in [0, 0.05) is 23.6 Å². The minimum atomic E-state index is -4.12. The first-order valence-corrected chi connectivity index (χ1v) is 14.3. The Morgan fingerprint density at radius 3 is 2.13 bits per heavy atom. The van der Waals surface area contributed by atoms with Crippen molar-refractivity contribution in [2.24, 2.45) is 0 Å². The van der Waals surface area contributed by atoms with E-state index in [1.165, 1.54) is 24.1 Å². The largest absolute Gasteiger partial charge is 0.357 e. The summed E-state index contributed by atoms with van der Waals surface area (Å²) in [6.07, 6.45) is 0.311. The van der Waals surface area contributed by atoms with Gasteiger partial charge in [-0.25, -0.2) is 8.42 Å². The van der Waals surface area contributed by atoms with Crippen molar-refractivity contribution in [1.29, 1.82) is 0 Å².